The van der Waals surface area contributed by atoms with Gasteiger partial charge in [-0.2, -0.15) is 0 Å². The van der Waals surface area contributed by atoms with Gasteiger partial charge in [-0.15, -0.1) is 0 Å². The molecule has 0 saturated carbocycles. The van der Waals surface area contributed by atoms with Crippen LogP contribution in [0.3, 0.4) is 0 Å². The molecule has 0 atom stereocenters. The number of likely N-dealkylation sites (tertiary alicyclic amines) is 1. The minimum absolute atomic E-state index is 0.588. The lowest BCUT2D eigenvalue weighted by molar-refractivity contribution is -0.159. The topological polar surface area (TPSA) is 87.1 Å². The Morgan fingerprint density at radius 3 is 2.10 bits per heavy atom. The van der Waals surface area contributed by atoms with Gasteiger partial charge >= 0.3 is 11.9 Å². The van der Waals surface area contributed by atoms with E-state index in [1.807, 2.05) is 25.1 Å². The maximum atomic E-state index is 9.10. The van der Waals surface area contributed by atoms with E-state index in [2.05, 4.69) is 29.2 Å². The van der Waals surface area contributed by atoms with Crippen molar-refractivity contribution in [2.45, 2.75) is 39.3 Å². The van der Waals surface area contributed by atoms with E-state index < -0.39 is 11.9 Å². The fourth-order valence-corrected chi connectivity index (χ4v) is 3.11. The molecule has 0 unspecified atom stereocenters. The zero-order valence-electron chi connectivity index (χ0n) is 16.4. The number of carboxylic acids is 2. The van der Waals surface area contributed by atoms with Gasteiger partial charge in [-0.25, -0.2) is 9.59 Å². The second-order valence-corrected chi connectivity index (χ2v) is 7.37. The molecule has 6 nitrogen and oxygen atoms in total. The molecular formula is C22H26ClNO5. The van der Waals surface area contributed by atoms with E-state index >= 15 is 0 Å². The highest BCUT2D eigenvalue weighted by molar-refractivity contribution is 6.31. The molecule has 0 spiro atoms. The molecule has 2 N–H and O–H groups in total. The summed E-state index contributed by atoms with van der Waals surface area (Å²) in [6.07, 6.45) is 4.07. The first-order valence-electron chi connectivity index (χ1n) is 9.50. The largest absolute Gasteiger partial charge is 0.489 e. The smallest absolute Gasteiger partial charge is 0.414 e. The van der Waals surface area contributed by atoms with E-state index in [4.69, 9.17) is 36.1 Å². The monoisotopic (exact) mass is 419 g/mol. The van der Waals surface area contributed by atoms with Crippen molar-refractivity contribution in [2.24, 2.45) is 0 Å². The van der Waals surface area contributed by atoms with Gasteiger partial charge in [0.15, 0.2) is 0 Å². The number of piperidine rings is 1. The van der Waals surface area contributed by atoms with Gasteiger partial charge in [-0.1, -0.05) is 42.3 Å². The van der Waals surface area contributed by atoms with Crippen molar-refractivity contribution in [2.75, 3.05) is 13.1 Å². The minimum Gasteiger partial charge on any atom is -0.489 e. The van der Waals surface area contributed by atoms with Crippen LogP contribution in [0.4, 0.5) is 0 Å². The van der Waals surface area contributed by atoms with Crippen molar-refractivity contribution >= 4 is 23.5 Å². The van der Waals surface area contributed by atoms with Crippen molar-refractivity contribution in [3.05, 3.63) is 64.2 Å². The molecule has 1 aliphatic rings. The number of carbonyl (C=O) groups is 2. The van der Waals surface area contributed by atoms with Gasteiger partial charge in [0.25, 0.3) is 0 Å². The van der Waals surface area contributed by atoms with Gasteiger partial charge in [0.05, 0.1) is 0 Å². The number of halogens is 1. The highest BCUT2D eigenvalue weighted by Crippen LogP contribution is 2.22. The van der Waals surface area contributed by atoms with Crippen molar-refractivity contribution in [3.63, 3.8) is 0 Å². The van der Waals surface area contributed by atoms with Gasteiger partial charge in [0.2, 0.25) is 0 Å². The van der Waals surface area contributed by atoms with Crippen LogP contribution < -0.4 is 4.74 Å². The first kappa shape index (κ1) is 22.7. The second kappa shape index (κ2) is 11.4. The molecule has 7 heteroatoms. The van der Waals surface area contributed by atoms with E-state index in [9.17, 15) is 0 Å². The summed E-state index contributed by atoms with van der Waals surface area (Å²) in [5.74, 6) is -2.78. The number of aryl methyl sites for hydroxylation is 1. The Bertz CT molecular complexity index is 804. The number of aliphatic carboxylic acids is 2. The lowest BCUT2D eigenvalue weighted by Crippen LogP contribution is -2.29. The first-order valence-corrected chi connectivity index (χ1v) is 9.88. The predicted octanol–water partition coefficient (Wildman–Crippen LogP) is 4.37. The van der Waals surface area contributed by atoms with Crippen molar-refractivity contribution in [1.29, 1.82) is 0 Å². The summed E-state index contributed by atoms with van der Waals surface area (Å²) in [5, 5.41) is 15.6. The Morgan fingerprint density at radius 1 is 0.966 bits per heavy atom. The quantitative estimate of drug-likeness (QED) is 0.700. The summed E-state index contributed by atoms with van der Waals surface area (Å²) in [7, 11) is 0. The first-order chi connectivity index (χ1) is 13.8. The van der Waals surface area contributed by atoms with E-state index in [1.54, 1.807) is 0 Å². The molecule has 29 heavy (non-hydrogen) atoms. The standard InChI is InChI=1S/C20H24ClNO.C2H2O4/c1-16-13-19(9-10-20(16)21)23-15-18-7-5-17(6-8-18)14-22-11-3-2-4-12-22;3-1(4)2(5)6/h5-10,13H,2-4,11-12,14-15H2,1H3;(H,3,4)(H,5,6). The molecule has 0 radical (unpaired) electrons. The normalized spacial score (nSPS) is 13.9. The molecule has 1 aliphatic heterocycles. The van der Waals surface area contributed by atoms with Crippen LogP contribution in [0.5, 0.6) is 5.75 Å². The highest BCUT2D eigenvalue weighted by atomic mass is 35.5. The maximum Gasteiger partial charge on any atom is 0.414 e. The Balaban J connectivity index is 0.000000438. The average molecular weight is 420 g/mol. The molecule has 2 aromatic carbocycles. The summed E-state index contributed by atoms with van der Waals surface area (Å²) in [6, 6.07) is 14.6. The molecule has 1 saturated heterocycles. The number of nitrogens with zero attached hydrogens (tertiary/aromatic N) is 1. The van der Waals surface area contributed by atoms with Gasteiger partial charge < -0.3 is 14.9 Å². The number of rotatable bonds is 5. The fraction of sp³-hybridized carbons (Fsp3) is 0.364. The van der Waals surface area contributed by atoms with Gasteiger partial charge in [0, 0.05) is 11.6 Å². The van der Waals surface area contributed by atoms with E-state index in [-0.39, 0.29) is 0 Å². The summed E-state index contributed by atoms with van der Waals surface area (Å²) in [4.78, 5) is 20.7. The average Bonchev–Trinajstić information content (AvgIpc) is 2.71. The van der Waals surface area contributed by atoms with Crippen molar-refractivity contribution in [1.82, 2.24) is 4.90 Å². The number of benzene rings is 2. The second-order valence-electron chi connectivity index (χ2n) is 6.96. The molecule has 3 rings (SSSR count). The molecule has 2 aromatic rings. The molecular weight excluding hydrogens is 394 g/mol. The Hall–Kier alpha value is -2.57. The lowest BCUT2D eigenvalue weighted by Gasteiger charge is -2.26. The van der Waals surface area contributed by atoms with E-state index in [0.29, 0.717) is 6.61 Å². The third-order valence-electron chi connectivity index (χ3n) is 4.60. The van der Waals surface area contributed by atoms with Crippen LogP contribution in [0.15, 0.2) is 42.5 Å². The van der Waals surface area contributed by atoms with Gasteiger partial charge in [0.1, 0.15) is 12.4 Å². The van der Waals surface area contributed by atoms with E-state index in [1.165, 1.54) is 43.5 Å². The summed E-state index contributed by atoms with van der Waals surface area (Å²) in [5.41, 5.74) is 3.62. The van der Waals surface area contributed by atoms with Crippen molar-refractivity contribution < 1.29 is 24.5 Å². The van der Waals surface area contributed by atoms with Crippen LogP contribution in [0.25, 0.3) is 0 Å². The van der Waals surface area contributed by atoms with Crippen LogP contribution in [-0.2, 0) is 22.7 Å². The maximum absolute atomic E-state index is 9.10. The van der Waals surface area contributed by atoms with Crippen LogP contribution >= 0.6 is 11.6 Å². The summed E-state index contributed by atoms with van der Waals surface area (Å²) >= 11 is 6.04. The Kier molecular flexibility index (Phi) is 8.96. The third kappa shape index (κ3) is 8.13. The number of hydrogen-bond acceptors (Lipinski definition) is 4. The molecule has 1 heterocycles. The van der Waals surface area contributed by atoms with Gasteiger partial charge in [-0.05, 0) is 67.7 Å². The van der Waals surface area contributed by atoms with Crippen LogP contribution in [0.1, 0.15) is 36.0 Å². The van der Waals surface area contributed by atoms with Crippen LogP contribution in [0, 0.1) is 6.92 Å². The summed E-state index contributed by atoms with van der Waals surface area (Å²) in [6.45, 7) is 6.12. The number of hydrogen-bond donors (Lipinski definition) is 2. The van der Waals surface area contributed by atoms with Crippen molar-refractivity contribution in [3.8, 4) is 5.75 Å². The molecule has 0 aromatic heterocycles. The fourth-order valence-electron chi connectivity index (χ4n) is 2.99. The molecule has 0 bridgehead atoms. The van der Waals surface area contributed by atoms with E-state index in [0.717, 1.165) is 22.9 Å². The highest BCUT2D eigenvalue weighted by Gasteiger charge is 2.10. The Labute approximate surface area is 175 Å². The molecule has 156 valence electrons. The lowest BCUT2D eigenvalue weighted by atomic mass is 10.1. The molecule has 1 fully saturated rings. The Morgan fingerprint density at radius 2 is 1.55 bits per heavy atom. The zero-order chi connectivity index (χ0) is 21.2. The predicted molar refractivity (Wildman–Crippen MR) is 111 cm³/mol. The third-order valence-corrected chi connectivity index (χ3v) is 5.02. The number of ether oxygens (including phenoxy) is 1. The molecule has 0 aliphatic carbocycles. The molecule has 0 amide bonds. The number of carboxylic acid groups (broad SMARTS) is 2. The minimum atomic E-state index is -1.82. The summed E-state index contributed by atoms with van der Waals surface area (Å²) < 4.78 is 5.85. The van der Waals surface area contributed by atoms with Crippen LogP contribution in [0.2, 0.25) is 5.02 Å². The SMILES string of the molecule is Cc1cc(OCc2ccc(CN3CCCCC3)cc2)ccc1Cl.O=C(O)C(=O)O. The zero-order valence-corrected chi connectivity index (χ0v) is 17.2. The van der Waals surface area contributed by atoms with Gasteiger partial charge in [-0.3, -0.25) is 4.90 Å². The van der Waals surface area contributed by atoms with Crippen LogP contribution in [-0.4, -0.2) is 40.1 Å².